The molecule has 2 N–H and O–H groups in total. The fourth-order valence-corrected chi connectivity index (χ4v) is 2.32. The summed E-state index contributed by atoms with van der Waals surface area (Å²) in [6, 6.07) is 4.18. The van der Waals surface area contributed by atoms with Crippen LogP contribution in [0.3, 0.4) is 0 Å². The summed E-state index contributed by atoms with van der Waals surface area (Å²) in [5.41, 5.74) is 1.29. The summed E-state index contributed by atoms with van der Waals surface area (Å²) in [5, 5.41) is 13.1. The Bertz CT molecular complexity index is 308. The van der Waals surface area contributed by atoms with Crippen molar-refractivity contribution in [1.29, 1.82) is 0 Å². The molecule has 1 aromatic rings. The van der Waals surface area contributed by atoms with Crippen molar-refractivity contribution in [3.63, 3.8) is 0 Å². The normalized spacial score (nSPS) is 26.0. The number of aromatic nitrogens is 1. The molecule has 1 aliphatic rings. The smallest absolute Gasteiger partial charge is 0.0580 e. The van der Waals surface area contributed by atoms with Crippen molar-refractivity contribution in [3.8, 4) is 0 Å². The topological polar surface area (TPSA) is 37.2 Å². The molecule has 0 radical (unpaired) electrons. The summed E-state index contributed by atoms with van der Waals surface area (Å²) in [7, 11) is 2.06. The van der Waals surface area contributed by atoms with Gasteiger partial charge in [-0.05, 0) is 30.9 Å². The molecule has 1 aromatic heterocycles. The van der Waals surface area contributed by atoms with Crippen LogP contribution in [0.25, 0.3) is 0 Å². The van der Waals surface area contributed by atoms with E-state index >= 15 is 0 Å². The average molecular weight is 208 g/mol. The van der Waals surface area contributed by atoms with Gasteiger partial charge in [0.1, 0.15) is 0 Å². The van der Waals surface area contributed by atoms with Crippen molar-refractivity contribution < 1.29 is 5.11 Å². The number of nitrogens with zero attached hydrogens (tertiary/aromatic N) is 1. The van der Waals surface area contributed by atoms with E-state index in [1.807, 2.05) is 0 Å². The molecule has 3 nitrogen and oxygen atoms in total. The van der Waals surface area contributed by atoms with Gasteiger partial charge >= 0.3 is 0 Å². The molecule has 1 heterocycles. The van der Waals surface area contributed by atoms with Crippen LogP contribution in [0, 0.1) is 5.92 Å². The lowest BCUT2D eigenvalue weighted by molar-refractivity contribution is 0.131. The largest absolute Gasteiger partial charge is 0.393 e. The molecule has 1 saturated carbocycles. The van der Waals surface area contributed by atoms with Crippen molar-refractivity contribution in [2.75, 3.05) is 6.54 Å². The maximum Gasteiger partial charge on any atom is 0.0580 e. The number of hydrogen-bond acceptors (Lipinski definition) is 2. The average Bonchev–Trinajstić information content (AvgIpc) is 2.78. The van der Waals surface area contributed by atoms with Crippen LogP contribution in [0.4, 0.5) is 0 Å². The minimum absolute atomic E-state index is 0.0779. The third-order valence-corrected chi connectivity index (χ3v) is 3.38. The Kier molecular flexibility index (Phi) is 3.44. The van der Waals surface area contributed by atoms with Gasteiger partial charge in [0.25, 0.3) is 0 Å². The van der Waals surface area contributed by atoms with E-state index < -0.39 is 0 Å². The second-order valence-electron chi connectivity index (χ2n) is 4.50. The van der Waals surface area contributed by atoms with E-state index in [9.17, 15) is 5.11 Å². The van der Waals surface area contributed by atoms with Gasteiger partial charge in [-0.25, -0.2) is 0 Å². The maximum atomic E-state index is 9.66. The van der Waals surface area contributed by atoms with Crippen molar-refractivity contribution in [3.05, 3.63) is 24.0 Å². The summed E-state index contributed by atoms with van der Waals surface area (Å²) in [4.78, 5) is 0. The molecule has 0 amide bonds. The molecule has 0 aromatic carbocycles. The molecule has 3 heteroatoms. The van der Waals surface area contributed by atoms with Crippen LogP contribution in [0.15, 0.2) is 18.3 Å². The fourth-order valence-electron chi connectivity index (χ4n) is 2.32. The van der Waals surface area contributed by atoms with Crippen LogP contribution < -0.4 is 5.32 Å². The molecule has 2 atom stereocenters. The Labute approximate surface area is 91.1 Å². The first-order chi connectivity index (χ1) is 7.27. The Morgan fingerprint density at radius 2 is 2.40 bits per heavy atom. The molecule has 15 heavy (non-hydrogen) atoms. The molecule has 84 valence electrons. The van der Waals surface area contributed by atoms with Crippen LogP contribution in [-0.2, 0) is 13.6 Å². The second-order valence-corrected chi connectivity index (χ2v) is 4.50. The standard InChI is InChI=1S/C12H20N2O/c1-14-7-3-5-11(14)9-13-8-10-4-2-6-12(10)15/h3,5,7,10,12-13,15H,2,4,6,8-9H2,1H3. The van der Waals surface area contributed by atoms with Gasteiger partial charge in [0.15, 0.2) is 0 Å². The predicted molar refractivity (Wildman–Crippen MR) is 60.5 cm³/mol. The monoisotopic (exact) mass is 208 g/mol. The Hall–Kier alpha value is -0.800. The van der Waals surface area contributed by atoms with E-state index in [-0.39, 0.29) is 6.10 Å². The van der Waals surface area contributed by atoms with Gasteiger partial charge < -0.3 is 15.0 Å². The van der Waals surface area contributed by atoms with Gasteiger partial charge in [0.05, 0.1) is 6.10 Å². The summed E-state index contributed by atoms with van der Waals surface area (Å²) in [6.45, 7) is 1.83. The first-order valence-electron chi connectivity index (χ1n) is 5.76. The van der Waals surface area contributed by atoms with E-state index in [1.165, 1.54) is 18.5 Å². The first kappa shape index (κ1) is 10.7. The van der Waals surface area contributed by atoms with Crippen molar-refractivity contribution >= 4 is 0 Å². The SMILES string of the molecule is Cn1cccc1CNCC1CCCC1O. The number of nitrogens with one attached hydrogen (secondary N) is 1. The van der Waals surface area contributed by atoms with Crippen LogP contribution >= 0.6 is 0 Å². The Morgan fingerprint density at radius 3 is 3.00 bits per heavy atom. The lowest BCUT2D eigenvalue weighted by Crippen LogP contribution is -2.27. The third-order valence-electron chi connectivity index (χ3n) is 3.38. The van der Waals surface area contributed by atoms with E-state index in [0.29, 0.717) is 5.92 Å². The van der Waals surface area contributed by atoms with Gasteiger partial charge in [-0.3, -0.25) is 0 Å². The highest BCUT2D eigenvalue weighted by Gasteiger charge is 2.24. The molecular weight excluding hydrogens is 188 g/mol. The molecule has 0 bridgehead atoms. The molecular formula is C12H20N2O. The molecule has 0 spiro atoms. The summed E-state index contributed by atoms with van der Waals surface area (Å²) in [5.74, 6) is 0.463. The highest BCUT2D eigenvalue weighted by molar-refractivity contribution is 5.05. The lowest BCUT2D eigenvalue weighted by Gasteiger charge is -2.15. The number of rotatable bonds is 4. The van der Waals surface area contributed by atoms with Crippen molar-refractivity contribution in [2.24, 2.45) is 13.0 Å². The third kappa shape index (κ3) is 2.61. The van der Waals surface area contributed by atoms with Crippen LogP contribution in [0.2, 0.25) is 0 Å². The Balaban J connectivity index is 1.73. The van der Waals surface area contributed by atoms with Crippen molar-refractivity contribution in [2.45, 2.75) is 31.9 Å². The lowest BCUT2D eigenvalue weighted by atomic mass is 10.1. The predicted octanol–water partition coefficient (Wildman–Crippen LogP) is 1.28. The van der Waals surface area contributed by atoms with Crippen LogP contribution in [0.5, 0.6) is 0 Å². The van der Waals surface area contributed by atoms with Crippen LogP contribution in [0.1, 0.15) is 25.0 Å². The fraction of sp³-hybridized carbons (Fsp3) is 0.667. The van der Waals surface area contributed by atoms with E-state index in [2.05, 4.69) is 35.3 Å². The van der Waals surface area contributed by atoms with Gasteiger partial charge in [0, 0.05) is 32.0 Å². The molecule has 1 aliphatic carbocycles. The zero-order valence-electron chi connectivity index (χ0n) is 9.32. The van der Waals surface area contributed by atoms with Gasteiger partial charge in [-0.2, -0.15) is 0 Å². The first-order valence-corrected chi connectivity index (χ1v) is 5.76. The summed E-state index contributed by atoms with van der Waals surface area (Å²) in [6.07, 6.45) is 5.31. The van der Waals surface area contributed by atoms with E-state index in [0.717, 1.165) is 19.5 Å². The zero-order chi connectivity index (χ0) is 10.7. The molecule has 1 fully saturated rings. The molecule has 0 saturated heterocycles. The highest BCUT2D eigenvalue weighted by atomic mass is 16.3. The number of aliphatic hydroxyl groups is 1. The number of aliphatic hydroxyl groups excluding tert-OH is 1. The highest BCUT2D eigenvalue weighted by Crippen LogP contribution is 2.24. The van der Waals surface area contributed by atoms with E-state index in [4.69, 9.17) is 0 Å². The summed E-state index contributed by atoms with van der Waals surface area (Å²) >= 11 is 0. The summed E-state index contributed by atoms with van der Waals surface area (Å²) < 4.78 is 2.12. The second kappa shape index (κ2) is 4.81. The zero-order valence-corrected chi connectivity index (χ0v) is 9.32. The quantitative estimate of drug-likeness (QED) is 0.782. The Morgan fingerprint density at radius 1 is 1.53 bits per heavy atom. The maximum absolute atomic E-state index is 9.66. The van der Waals surface area contributed by atoms with Crippen LogP contribution in [-0.4, -0.2) is 22.3 Å². The molecule has 2 unspecified atom stereocenters. The minimum Gasteiger partial charge on any atom is -0.393 e. The van der Waals surface area contributed by atoms with Crippen molar-refractivity contribution in [1.82, 2.24) is 9.88 Å². The number of aryl methyl sites for hydroxylation is 1. The van der Waals surface area contributed by atoms with E-state index in [1.54, 1.807) is 0 Å². The minimum atomic E-state index is -0.0779. The van der Waals surface area contributed by atoms with Gasteiger partial charge in [-0.1, -0.05) is 6.42 Å². The van der Waals surface area contributed by atoms with Gasteiger partial charge in [0.2, 0.25) is 0 Å². The molecule has 2 rings (SSSR count). The molecule has 0 aliphatic heterocycles. The number of hydrogen-bond donors (Lipinski definition) is 2. The van der Waals surface area contributed by atoms with Gasteiger partial charge in [-0.15, -0.1) is 0 Å².